The summed E-state index contributed by atoms with van der Waals surface area (Å²) < 4.78 is 32.4. The molecule has 1 atom stereocenters. The molecule has 0 unspecified atom stereocenters. The zero-order valence-corrected chi connectivity index (χ0v) is 15.5. The van der Waals surface area contributed by atoms with E-state index >= 15 is 0 Å². The first kappa shape index (κ1) is 21.0. The lowest BCUT2D eigenvalue weighted by atomic mass is 10.1. The monoisotopic (exact) mass is 421 g/mol. The number of carboxylic acids is 1. The molecule has 158 valence electrons. The molecule has 0 saturated carbocycles. The van der Waals surface area contributed by atoms with E-state index in [1.54, 1.807) is 30.3 Å². The van der Waals surface area contributed by atoms with Gasteiger partial charge in [0.05, 0.1) is 17.5 Å². The molecule has 9 nitrogen and oxygen atoms in total. The largest absolute Gasteiger partial charge is 0.480 e. The van der Waals surface area contributed by atoms with Gasteiger partial charge in [0.2, 0.25) is 0 Å². The van der Waals surface area contributed by atoms with Gasteiger partial charge in [0.1, 0.15) is 18.3 Å². The Morgan fingerprint density at radius 3 is 2.47 bits per heavy atom. The van der Waals surface area contributed by atoms with E-state index in [0.29, 0.717) is 12.1 Å². The number of carbonyl (C=O) groups is 2. The third-order valence-corrected chi connectivity index (χ3v) is 4.65. The van der Waals surface area contributed by atoms with Gasteiger partial charge in [-0.05, 0) is 5.56 Å². The van der Waals surface area contributed by atoms with Gasteiger partial charge in [-0.2, -0.15) is 0 Å². The molecule has 1 aliphatic heterocycles. The molecule has 0 aliphatic carbocycles. The number of carboxylic acid groups (broad SMARTS) is 1. The van der Waals surface area contributed by atoms with Crippen LogP contribution in [-0.4, -0.2) is 52.7 Å². The van der Waals surface area contributed by atoms with Crippen molar-refractivity contribution in [2.75, 3.05) is 24.5 Å². The minimum atomic E-state index is -1.42. The van der Waals surface area contributed by atoms with Crippen molar-refractivity contribution >= 4 is 23.4 Å². The summed E-state index contributed by atoms with van der Waals surface area (Å²) in [7, 11) is 0. The molecule has 2 aromatic rings. The molecule has 0 bridgehead atoms. The normalized spacial score (nSPS) is 16.3. The molecule has 2 aromatic carbocycles. The van der Waals surface area contributed by atoms with Crippen molar-refractivity contribution in [2.45, 2.75) is 12.6 Å². The molecule has 1 aliphatic rings. The molecular weight excluding hydrogens is 404 g/mol. The van der Waals surface area contributed by atoms with Crippen LogP contribution in [-0.2, 0) is 16.1 Å². The van der Waals surface area contributed by atoms with Crippen molar-refractivity contribution in [1.82, 2.24) is 4.90 Å². The smallest absolute Gasteiger partial charge is 0.410 e. The molecule has 0 aromatic heterocycles. The summed E-state index contributed by atoms with van der Waals surface area (Å²) in [4.78, 5) is 36.7. The first-order valence-corrected chi connectivity index (χ1v) is 8.86. The first-order valence-electron chi connectivity index (χ1n) is 8.86. The summed E-state index contributed by atoms with van der Waals surface area (Å²) in [5.74, 6) is -4.14. The number of benzene rings is 2. The van der Waals surface area contributed by atoms with Crippen molar-refractivity contribution < 1.29 is 33.1 Å². The summed E-state index contributed by atoms with van der Waals surface area (Å²) in [6.45, 7) is -0.526. The average Bonchev–Trinajstić information content (AvgIpc) is 2.73. The van der Waals surface area contributed by atoms with Crippen molar-refractivity contribution in [2.24, 2.45) is 0 Å². The highest BCUT2D eigenvalue weighted by Crippen LogP contribution is 2.33. The lowest BCUT2D eigenvalue weighted by molar-refractivity contribution is -0.384. The molecule has 1 saturated heterocycles. The molecular formula is C19H17F2N3O6. The second kappa shape index (κ2) is 8.72. The Labute approximate surface area is 169 Å². The van der Waals surface area contributed by atoms with E-state index in [1.165, 1.54) is 0 Å². The van der Waals surface area contributed by atoms with Gasteiger partial charge in [0.15, 0.2) is 11.6 Å². The van der Waals surface area contributed by atoms with Gasteiger partial charge in [-0.25, -0.2) is 18.4 Å². The number of nitrogens with zero attached hydrogens (tertiary/aromatic N) is 3. The third kappa shape index (κ3) is 4.45. The minimum absolute atomic E-state index is 0.00767. The third-order valence-electron chi connectivity index (χ3n) is 4.65. The SMILES string of the molecule is O=C(O)[C@@H]1CN(C(=O)OCc2ccccc2)CCN1c1cc(F)c(F)cc1[N+](=O)[O-]. The highest BCUT2D eigenvalue weighted by molar-refractivity contribution is 5.82. The van der Waals surface area contributed by atoms with Crippen LogP contribution in [0.4, 0.5) is 25.0 Å². The number of anilines is 1. The van der Waals surface area contributed by atoms with Gasteiger partial charge in [-0.1, -0.05) is 30.3 Å². The zero-order chi connectivity index (χ0) is 21.8. The highest BCUT2D eigenvalue weighted by atomic mass is 19.2. The summed E-state index contributed by atoms with van der Waals surface area (Å²) in [5.41, 5.74) is -0.388. The topological polar surface area (TPSA) is 113 Å². The maximum absolute atomic E-state index is 13.7. The average molecular weight is 421 g/mol. The van der Waals surface area contributed by atoms with Crippen molar-refractivity contribution in [3.63, 3.8) is 0 Å². The quantitative estimate of drug-likeness (QED) is 0.583. The lowest BCUT2D eigenvalue weighted by Crippen LogP contribution is -2.58. The standard InChI is InChI=1S/C19H17F2N3O6/c20-13-8-15(16(24(28)29)9-14(13)21)23-7-6-22(10-17(23)18(25)26)19(27)30-11-12-4-2-1-3-5-12/h1-5,8-9,17H,6-7,10-11H2,(H,25,26)/t17-/m0/s1. The molecule has 1 amide bonds. The number of carbonyl (C=O) groups excluding carboxylic acids is 1. The molecule has 3 rings (SSSR count). The van der Waals surface area contributed by atoms with Gasteiger partial charge in [0.25, 0.3) is 5.69 Å². The molecule has 30 heavy (non-hydrogen) atoms. The predicted molar refractivity (Wildman–Crippen MR) is 100.0 cm³/mol. The Morgan fingerprint density at radius 1 is 1.17 bits per heavy atom. The fourth-order valence-corrected chi connectivity index (χ4v) is 3.16. The summed E-state index contributed by atoms with van der Waals surface area (Å²) in [6.07, 6.45) is -0.746. The van der Waals surface area contributed by atoms with Crippen LogP contribution >= 0.6 is 0 Å². The number of hydrogen-bond acceptors (Lipinski definition) is 6. The Bertz CT molecular complexity index is 972. The minimum Gasteiger partial charge on any atom is -0.480 e. The van der Waals surface area contributed by atoms with E-state index in [2.05, 4.69) is 0 Å². The number of piperazine rings is 1. The number of halogens is 2. The van der Waals surface area contributed by atoms with Crippen LogP contribution in [0.2, 0.25) is 0 Å². The van der Waals surface area contributed by atoms with Crippen molar-refractivity contribution in [1.29, 1.82) is 0 Å². The summed E-state index contributed by atoms with van der Waals surface area (Å²) in [6, 6.07) is 8.46. The Morgan fingerprint density at radius 2 is 1.83 bits per heavy atom. The number of ether oxygens (including phenoxy) is 1. The van der Waals surface area contributed by atoms with Gasteiger partial charge in [-0.3, -0.25) is 10.1 Å². The van der Waals surface area contributed by atoms with E-state index in [1.807, 2.05) is 0 Å². The van der Waals surface area contributed by atoms with Crippen LogP contribution < -0.4 is 4.90 Å². The molecule has 1 fully saturated rings. The van der Waals surface area contributed by atoms with Crippen LogP contribution in [0, 0.1) is 21.7 Å². The Hall–Kier alpha value is -3.76. The van der Waals surface area contributed by atoms with Gasteiger partial charge in [0, 0.05) is 19.2 Å². The molecule has 0 radical (unpaired) electrons. The first-order chi connectivity index (χ1) is 14.3. The van der Waals surface area contributed by atoms with Crippen molar-refractivity contribution in [3.8, 4) is 0 Å². The Balaban J connectivity index is 1.78. The summed E-state index contributed by atoms with van der Waals surface area (Å²) >= 11 is 0. The second-order valence-corrected chi connectivity index (χ2v) is 6.55. The molecule has 11 heteroatoms. The van der Waals surface area contributed by atoms with E-state index in [0.717, 1.165) is 15.4 Å². The maximum atomic E-state index is 13.7. The molecule has 1 heterocycles. The fourth-order valence-electron chi connectivity index (χ4n) is 3.16. The zero-order valence-electron chi connectivity index (χ0n) is 15.5. The summed E-state index contributed by atoms with van der Waals surface area (Å²) in [5, 5.41) is 20.8. The lowest BCUT2D eigenvalue weighted by Gasteiger charge is -2.39. The van der Waals surface area contributed by atoms with Gasteiger partial charge < -0.3 is 19.6 Å². The van der Waals surface area contributed by atoms with Crippen LogP contribution in [0.15, 0.2) is 42.5 Å². The number of nitro groups is 1. The van der Waals surface area contributed by atoms with Gasteiger partial charge >= 0.3 is 12.1 Å². The number of aliphatic carboxylic acids is 1. The number of nitro benzene ring substituents is 1. The number of rotatable bonds is 5. The van der Waals surface area contributed by atoms with Crippen LogP contribution in [0.1, 0.15) is 5.56 Å². The van der Waals surface area contributed by atoms with Crippen LogP contribution in [0.25, 0.3) is 0 Å². The van der Waals surface area contributed by atoms with E-state index < -0.39 is 40.3 Å². The van der Waals surface area contributed by atoms with E-state index in [-0.39, 0.29) is 31.9 Å². The van der Waals surface area contributed by atoms with E-state index in [9.17, 15) is 33.6 Å². The van der Waals surface area contributed by atoms with Crippen LogP contribution in [0.5, 0.6) is 0 Å². The fraction of sp³-hybridized carbons (Fsp3) is 0.263. The number of amides is 1. The molecule has 1 N–H and O–H groups in total. The number of hydrogen-bond donors (Lipinski definition) is 1. The van der Waals surface area contributed by atoms with Crippen LogP contribution in [0.3, 0.4) is 0 Å². The highest BCUT2D eigenvalue weighted by Gasteiger charge is 2.38. The Kier molecular flexibility index (Phi) is 6.09. The predicted octanol–water partition coefficient (Wildman–Crippen LogP) is 2.79. The van der Waals surface area contributed by atoms with E-state index in [4.69, 9.17) is 4.74 Å². The molecule has 0 spiro atoms. The maximum Gasteiger partial charge on any atom is 0.410 e. The second-order valence-electron chi connectivity index (χ2n) is 6.55. The van der Waals surface area contributed by atoms with Gasteiger partial charge in [-0.15, -0.1) is 0 Å². The van der Waals surface area contributed by atoms with Crippen molar-refractivity contribution in [3.05, 3.63) is 69.8 Å².